The summed E-state index contributed by atoms with van der Waals surface area (Å²) in [6, 6.07) is 7.28. The molecule has 0 aliphatic heterocycles. The zero-order valence-electron chi connectivity index (χ0n) is 11.0. The molecule has 3 nitrogen and oxygen atoms in total. The Labute approximate surface area is 111 Å². The van der Waals surface area contributed by atoms with Crippen molar-refractivity contribution in [1.29, 1.82) is 0 Å². The van der Waals surface area contributed by atoms with E-state index >= 15 is 0 Å². The topological polar surface area (TPSA) is 42.1 Å². The maximum Gasteiger partial charge on any atom is 0.248 e. The molecule has 0 radical (unpaired) electrons. The molecule has 2 rings (SSSR count). The average molecular weight is 263 g/mol. The molecule has 1 heterocycles. The smallest absolute Gasteiger partial charge is 0.248 e. The summed E-state index contributed by atoms with van der Waals surface area (Å²) in [6.45, 7) is -0.271. The van der Waals surface area contributed by atoms with Crippen molar-refractivity contribution in [2.75, 3.05) is 13.8 Å². The summed E-state index contributed by atoms with van der Waals surface area (Å²) < 4.78 is 17.2. The molecule has 0 bridgehead atoms. The van der Waals surface area contributed by atoms with E-state index in [2.05, 4.69) is 4.98 Å². The number of alkyl halides is 1. The summed E-state index contributed by atoms with van der Waals surface area (Å²) >= 11 is 0. The second-order valence-electron chi connectivity index (χ2n) is 4.57. The van der Waals surface area contributed by atoms with Gasteiger partial charge < -0.3 is 9.72 Å². The van der Waals surface area contributed by atoms with Crippen LogP contribution in [0.5, 0.6) is 5.75 Å². The fourth-order valence-corrected chi connectivity index (χ4v) is 2.23. The van der Waals surface area contributed by atoms with E-state index in [4.69, 9.17) is 4.74 Å². The summed E-state index contributed by atoms with van der Waals surface area (Å²) in [5, 5.41) is 1.03. The summed E-state index contributed by atoms with van der Waals surface area (Å²) in [7, 11) is 1.60. The Hall–Kier alpha value is -1.84. The van der Waals surface area contributed by atoms with Crippen LogP contribution in [0.15, 0.2) is 29.1 Å². The molecule has 0 atom stereocenters. The number of aromatic amines is 1. The van der Waals surface area contributed by atoms with Gasteiger partial charge in [0.2, 0.25) is 5.56 Å². The van der Waals surface area contributed by atoms with Crippen LogP contribution in [0.25, 0.3) is 10.9 Å². The Kier molecular flexibility index (Phi) is 4.55. The third-order valence-corrected chi connectivity index (χ3v) is 3.22. The number of benzene rings is 1. The van der Waals surface area contributed by atoms with Crippen molar-refractivity contribution >= 4 is 10.9 Å². The Morgan fingerprint density at radius 1 is 1.21 bits per heavy atom. The van der Waals surface area contributed by atoms with Gasteiger partial charge in [-0.2, -0.15) is 0 Å². The zero-order valence-corrected chi connectivity index (χ0v) is 11.0. The van der Waals surface area contributed by atoms with E-state index in [-0.39, 0.29) is 12.2 Å². The van der Waals surface area contributed by atoms with Crippen molar-refractivity contribution in [3.63, 3.8) is 0 Å². The third kappa shape index (κ3) is 3.34. The van der Waals surface area contributed by atoms with Crippen LogP contribution in [-0.2, 0) is 6.42 Å². The monoisotopic (exact) mass is 263 g/mol. The summed E-state index contributed by atoms with van der Waals surface area (Å²) in [5.74, 6) is 0.720. The Morgan fingerprint density at radius 2 is 2.05 bits per heavy atom. The van der Waals surface area contributed by atoms with Gasteiger partial charge >= 0.3 is 0 Å². The number of nitrogens with one attached hydrogen (secondary N) is 1. The molecular formula is C15H18FNO2. The van der Waals surface area contributed by atoms with Gasteiger partial charge in [0.15, 0.2) is 0 Å². The normalized spacial score (nSPS) is 10.8. The lowest BCUT2D eigenvalue weighted by Crippen LogP contribution is -2.06. The van der Waals surface area contributed by atoms with E-state index in [0.717, 1.165) is 41.5 Å². The molecule has 1 N–H and O–H groups in total. The van der Waals surface area contributed by atoms with E-state index in [0.29, 0.717) is 6.42 Å². The quantitative estimate of drug-likeness (QED) is 0.813. The van der Waals surface area contributed by atoms with Crippen molar-refractivity contribution < 1.29 is 9.13 Å². The lowest BCUT2D eigenvalue weighted by Gasteiger charge is -2.07. The number of ether oxygens (including phenoxy) is 1. The summed E-state index contributed by atoms with van der Waals surface area (Å²) in [6.07, 6.45) is 3.14. The Balaban J connectivity index is 2.29. The van der Waals surface area contributed by atoms with Crippen LogP contribution in [0, 0.1) is 0 Å². The second kappa shape index (κ2) is 6.36. The number of H-pyrrole nitrogens is 1. The first-order valence-corrected chi connectivity index (χ1v) is 6.50. The summed E-state index contributed by atoms with van der Waals surface area (Å²) in [4.78, 5) is 14.4. The van der Waals surface area contributed by atoms with Crippen LogP contribution in [0.3, 0.4) is 0 Å². The van der Waals surface area contributed by atoms with Gasteiger partial charge in [0, 0.05) is 17.5 Å². The molecule has 0 aliphatic carbocycles. The number of hydrogen-bond donors (Lipinski definition) is 1. The number of fused-ring (bicyclic) bond motifs is 1. The molecular weight excluding hydrogens is 245 g/mol. The maximum absolute atomic E-state index is 12.1. The maximum atomic E-state index is 12.1. The molecule has 0 spiro atoms. The van der Waals surface area contributed by atoms with Gasteiger partial charge in [0.25, 0.3) is 0 Å². The molecule has 102 valence electrons. The lowest BCUT2D eigenvalue weighted by molar-refractivity contribution is 0.415. The van der Waals surface area contributed by atoms with Gasteiger partial charge in [-0.25, -0.2) is 0 Å². The van der Waals surface area contributed by atoms with Crippen LogP contribution in [0.1, 0.15) is 24.8 Å². The predicted octanol–water partition coefficient (Wildman–Crippen LogP) is 3.22. The molecule has 0 fully saturated rings. The minimum absolute atomic E-state index is 0.110. The van der Waals surface area contributed by atoms with Gasteiger partial charge in [-0.15, -0.1) is 0 Å². The number of halogens is 1. The van der Waals surface area contributed by atoms with Crippen LogP contribution in [0.4, 0.5) is 4.39 Å². The van der Waals surface area contributed by atoms with Crippen LogP contribution in [0.2, 0.25) is 0 Å². The molecule has 0 unspecified atom stereocenters. The zero-order chi connectivity index (χ0) is 13.7. The van der Waals surface area contributed by atoms with E-state index in [1.165, 1.54) is 0 Å². The average Bonchev–Trinajstić information content (AvgIpc) is 2.42. The molecule has 1 aromatic carbocycles. The number of hydrogen-bond acceptors (Lipinski definition) is 2. The number of unbranched alkanes of at least 4 members (excludes halogenated alkanes) is 2. The first-order valence-electron chi connectivity index (χ1n) is 6.50. The molecule has 0 saturated carbocycles. The number of rotatable bonds is 6. The van der Waals surface area contributed by atoms with Crippen molar-refractivity contribution in [2.24, 2.45) is 0 Å². The fraction of sp³-hybridized carbons (Fsp3) is 0.400. The van der Waals surface area contributed by atoms with Crippen molar-refractivity contribution in [1.82, 2.24) is 4.98 Å². The van der Waals surface area contributed by atoms with E-state index in [1.54, 1.807) is 13.2 Å². The van der Waals surface area contributed by atoms with Crippen molar-refractivity contribution in [3.05, 3.63) is 40.2 Å². The molecule has 19 heavy (non-hydrogen) atoms. The number of aromatic nitrogens is 1. The lowest BCUT2D eigenvalue weighted by atomic mass is 10.0. The van der Waals surface area contributed by atoms with Gasteiger partial charge in [0.05, 0.1) is 19.3 Å². The molecule has 0 amide bonds. The highest BCUT2D eigenvalue weighted by Gasteiger charge is 2.05. The fourth-order valence-electron chi connectivity index (χ4n) is 2.23. The van der Waals surface area contributed by atoms with Crippen LogP contribution >= 0.6 is 0 Å². The largest absolute Gasteiger partial charge is 0.497 e. The van der Waals surface area contributed by atoms with Gasteiger partial charge in [0.1, 0.15) is 5.75 Å². The van der Waals surface area contributed by atoms with E-state index < -0.39 is 0 Å². The number of methoxy groups -OCH3 is 1. The van der Waals surface area contributed by atoms with Crippen molar-refractivity contribution in [2.45, 2.75) is 25.7 Å². The Morgan fingerprint density at radius 3 is 2.79 bits per heavy atom. The van der Waals surface area contributed by atoms with Gasteiger partial charge in [-0.1, -0.05) is 6.42 Å². The highest BCUT2D eigenvalue weighted by atomic mass is 19.1. The predicted molar refractivity (Wildman–Crippen MR) is 74.7 cm³/mol. The van der Waals surface area contributed by atoms with Gasteiger partial charge in [-0.05, 0) is 37.0 Å². The molecule has 2 aromatic rings. The van der Waals surface area contributed by atoms with E-state index in [1.807, 2.05) is 18.2 Å². The number of pyridine rings is 1. The SMILES string of the molecule is COc1ccc2c(CCCCCF)cc(=O)[nH]c2c1. The minimum atomic E-state index is -0.271. The third-order valence-electron chi connectivity index (χ3n) is 3.22. The van der Waals surface area contributed by atoms with Gasteiger partial charge in [-0.3, -0.25) is 9.18 Å². The molecule has 0 saturated heterocycles. The highest BCUT2D eigenvalue weighted by molar-refractivity contribution is 5.83. The highest BCUT2D eigenvalue weighted by Crippen LogP contribution is 2.22. The van der Waals surface area contributed by atoms with Crippen LogP contribution < -0.4 is 10.3 Å². The van der Waals surface area contributed by atoms with E-state index in [9.17, 15) is 9.18 Å². The standard InChI is InChI=1S/C15H18FNO2/c1-19-12-6-7-13-11(5-3-2-4-8-16)9-15(18)17-14(13)10-12/h6-7,9-10H,2-5,8H2,1H3,(H,17,18). The molecule has 4 heteroatoms. The minimum Gasteiger partial charge on any atom is -0.497 e. The Bertz CT molecular complexity index is 607. The number of aryl methyl sites for hydroxylation is 1. The summed E-state index contributed by atoms with van der Waals surface area (Å²) in [5.41, 5.74) is 1.69. The second-order valence-corrected chi connectivity index (χ2v) is 4.57. The molecule has 1 aromatic heterocycles. The molecule has 0 aliphatic rings. The van der Waals surface area contributed by atoms with Crippen LogP contribution in [-0.4, -0.2) is 18.8 Å². The van der Waals surface area contributed by atoms with Crippen molar-refractivity contribution in [3.8, 4) is 5.75 Å². The first kappa shape index (κ1) is 13.6. The first-order chi connectivity index (χ1) is 9.24.